The van der Waals surface area contributed by atoms with Crippen LogP contribution in [0.4, 0.5) is 0 Å². The molecule has 0 saturated heterocycles. The van der Waals surface area contributed by atoms with Crippen molar-refractivity contribution in [3.63, 3.8) is 0 Å². The lowest BCUT2D eigenvalue weighted by atomic mass is 9.63. The summed E-state index contributed by atoms with van der Waals surface area (Å²) in [7, 11) is 0. The van der Waals surface area contributed by atoms with Crippen molar-refractivity contribution in [1.29, 1.82) is 0 Å². The lowest BCUT2D eigenvalue weighted by Crippen LogP contribution is -2.33. The van der Waals surface area contributed by atoms with Crippen LogP contribution >= 0.6 is 0 Å². The highest BCUT2D eigenvalue weighted by molar-refractivity contribution is 6.06. The number of rotatable bonds is 3. The van der Waals surface area contributed by atoms with Gasteiger partial charge in [0.1, 0.15) is 0 Å². The quantitative estimate of drug-likeness (QED) is 0.485. The SMILES string of the molecule is CC1=NN=C(CCC2CCCCCCCC(C)C(C)C3CCC(C)C2C3)C1. The van der Waals surface area contributed by atoms with Crippen LogP contribution in [0.3, 0.4) is 0 Å². The Hall–Kier alpha value is -0.660. The zero-order chi connectivity index (χ0) is 19.2. The molecule has 0 amide bonds. The summed E-state index contributed by atoms with van der Waals surface area (Å²) < 4.78 is 0. The Bertz CT molecular complexity index is 520. The fourth-order valence-electron chi connectivity index (χ4n) is 6.24. The van der Waals surface area contributed by atoms with Crippen molar-refractivity contribution < 1.29 is 0 Å². The maximum atomic E-state index is 4.44. The van der Waals surface area contributed by atoms with Gasteiger partial charge in [0, 0.05) is 17.8 Å². The molecule has 2 fully saturated rings. The van der Waals surface area contributed by atoms with Gasteiger partial charge in [0.2, 0.25) is 0 Å². The van der Waals surface area contributed by atoms with Gasteiger partial charge in [-0.15, -0.1) is 0 Å². The third kappa shape index (κ3) is 5.91. The maximum absolute atomic E-state index is 4.44. The van der Waals surface area contributed by atoms with Gasteiger partial charge in [-0.3, -0.25) is 0 Å². The molecule has 6 unspecified atom stereocenters. The van der Waals surface area contributed by atoms with Crippen molar-refractivity contribution in [2.75, 3.05) is 0 Å². The Morgan fingerprint density at radius 3 is 2.30 bits per heavy atom. The topological polar surface area (TPSA) is 24.7 Å². The number of hydrogen-bond acceptors (Lipinski definition) is 2. The Morgan fingerprint density at radius 2 is 1.56 bits per heavy atom. The van der Waals surface area contributed by atoms with E-state index in [-0.39, 0.29) is 0 Å². The number of nitrogens with zero attached hydrogens (tertiary/aromatic N) is 2. The van der Waals surface area contributed by atoms with Crippen molar-refractivity contribution in [1.82, 2.24) is 0 Å². The summed E-state index contributed by atoms with van der Waals surface area (Å²) >= 11 is 0. The van der Waals surface area contributed by atoms with E-state index in [0.717, 1.165) is 41.9 Å². The van der Waals surface area contributed by atoms with Crippen molar-refractivity contribution in [2.24, 2.45) is 45.7 Å². The molecule has 6 atom stereocenters. The minimum atomic E-state index is 0.912. The van der Waals surface area contributed by atoms with E-state index in [2.05, 4.69) is 37.9 Å². The average Bonchev–Trinajstić information content (AvgIpc) is 3.08. The van der Waals surface area contributed by atoms with E-state index < -0.39 is 0 Å². The lowest BCUT2D eigenvalue weighted by molar-refractivity contribution is 0.0785. The molecule has 3 rings (SSSR count). The second kappa shape index (κ2) is 10.2. The summed E-state index contributed by atoms with van der Waals surface area (Å²) in [6.07, 6.45) is 18.2. The van der Waals surface area contributed by atoms with Gasteiger partial charge >= 0.3 is 0 Å². The molecule has 154 valence electrons. The molecule has 2 saturated carbocycles. The number of fused-ring (bicyclic) bond motifs is 2. The molecule has 0 N–H and O–H groups in total. The van der Waals surface area contributed by atoms with Gasteiger partial charge in [0.25, 0.3) is 0 Å². The van der Waals surface area contributed by atoms with E-state index in [4.69, 9.17) is 0 Å². The monoisotopic (exact) mass is 372 g/mol. The Kier molecular flexibility index (Phi) is 7.97. The molecule has 2 bridgehead atoms. The third-order valence-corrected chi connectivity index (χ3v) is 8.41. The first-order valence-electron chi connectivity index (χ1n) is 12.1. The molecule has 27 heavy (non-hydrogen) atoms. The predicted octanol–water partition coefficient (Wildman–Crippen LogP) is 7.67. The van der Waals surface area contributed by atoms with Crippen LogP contribution < -0.4 is 0 Å². The van der Waals surface area contributed by atoms with Crippen molar-refractivity contribution >= 4 is 11.4 Å². The molecular formula is C25H44N2. The van der Waals surface area contributed by atoms with Crippen LogP contribution in [0.25, 0.3) is 0 Å². The second-order valence-electron chi connectivity index (χ2n) is 10.4. The van der Waals surface area contributed by atoms with E-state index in [1.165, 1.54) is 88.5 Å². The molecule has 0 radical (unpaired) electrons. The molecule has 0 spiro atoms. The minimum Gasteiger partial charge on any atom is -0.160 e. The van der Waals surface area contributed by atoms with Crippen LogP contribution in [0.2, 0.25) is 0 Å². The minimum absolute atomic E-state index is 0.912. The summed E-state index contributed by atoms with van der Waals surface area (Å²) in [5.41, 5.74) is 2.55. The van der Waals surface area contributed by atoms with E-state index in [9.17, 15) is 0 Å². The van der Waals surface area contributed by atoms with Crippen molar-refractivity contribution in [2.45, 2.75) is 111 Å². The van der Waals surface area contributed by atoms with E-state index in [1.54, 1.807) is 0 Å². The van der Waals surface area contributed by atoms with E-state index >= 15 is 0 Å². The molecular weight excluding hydrogens is 328 g/mol. The van der Waals surface area contributed by atoms with Crippen LogP contribution in [-0.4, -0.2) is 11.4 Å². The molecule has 2 heteroatoms. The first kappa shape index (κ1) is 21.1. The van der Waals surface area contributed by atoms with Crippen LogP contribution in [0.1, 0.15) is 111 Å². The maximum Gasteiger partial charge on any atom is 0.0462 e. The second-order valence-corrected chi connectivity index (χ2v) is 10.4. The predicted molar refractivity (Wildman–Crippen MR) is 119 cm³/mol. The Labute approximate surface area is 168 Å². The highest BCUT2D eigenvalue weighted by Crippen LogP contribution is 2.46. The van der Waals surface area contributed by atoms with Crippen LogP contribution in [0, 0.1) is 35.5 Å². The van der Waals surface area contributed by atoms with Gasteiger partial charge in [-0.25, -0.2) is 0 Å². The molecule has 0 aromatic carbocycles. The Morgan fingerprint density at radius 1 is 0.815 bits per heavy atom. The first-order valence-corrected chi connectivity index (χ1v) is 12.1. The van der Waals surface area contributed by atoms with Gasteiger partial charge < -0.3 is 0 Å². The Balaban J connectivity index is 1.67. The summed E-state index contributed by atoms with van der Waals surface area (Å²) in [5.74, 6) is 5.58. The molecule has 2 aliphatic carbocycles. The van der Waals surface area contributed by atoms with Gasteiger partial charge in [0.15, 0.2) is 0 Å². The average molecular weight is 373 g/mol. The standard InChI is InChI=1S/C25H44N2/c1-18-10-8-6-5-7-9-11-22(14-15-24-16-20(3)26-27-24)25-17-23(21(18)4)13-12-19(25)2/h18-19,21-23,25H,5-17H2,1-4H3. The van der Waals surface area contributed by atoms with Gasteiger partial charge in [-0.1, -0.05) is 72.1 Å². The van der Waals surface area contributed by atoms with Crippen molar-refractivity contribution in [3.8, 4) is 0 Å². The van der Waals surface area contributed by atoms with Gasteiger partial charge in [-0.05, 0) is 68.1 Å². The summed E-state index contributed by atoms with van der Waals surface area (Å²) in [4.78, 5) is 0. The van der Waals surface area contributed by atoms with Gasteiger partial charge in [0.05, 0.1) is 0 Å². The summed E-state index contributed by atoms with van der Waals surface area (Å²) in [6, 6.07) is 0. The molecule has 2 nitrogen and oxygen atoms in total. The third-order valence-electron chi connectivity index (χ3n) is 8.41. The van der Waals surface area contributed by atoms with Crippen LogP contribution in [-0.2, 0) is 0 Å². The largest absolute Gasteiger partial charge is 0.160 e. The zero-order valence-electron chi connectivity index (χ0n) is 18.6. The molecule has 1 heterocycles. The molecule has 0 aromatic rings. The smallest absolute Gasteiger partial charge is 0.0462 e. The normalized spacial score (nSPS) is 39.0. The highest BCUT2D eigenvalue weighted by Gasteiger charge is 2.36. The summed E-state index contributed by atoms with van der Waals surface area (Å²) in [6.45, 7) is 9.78. The van der Waals surface area contributed by atoms with Crippen LogP contribution in [0.15, 0.2) is 10.2 Å². The first-order chi connectivity index (χ1) is 13.0. The highest BCUT2D eigenvalue weighted by atomic mass is 15.2. The van der Waals surface area contributed by atoms with Crippen molar-refractivity contribution in [3.05, 3.63) is 0 Å². The van der Waals surface area contributed by atoms with E-state index in [1.807, 2.05) is 0 Å². The van der Waals surface area contributed by atoms with Crippen LogP contribution in [0.5, 0.6) is 0 Å². The molecule has 1 aliphatic heterocycles. The number of hydrogen-bond donors (Lipinski definition) is 0. The fraction of sp³-hybridized carbons (Fsp3) is 0.920. The summed E-state index contributed by atoms with van der Waals surface area (Å²) in [5, 5.41) is 8.72. The van der Waals surface area contributed by atoms with E-state index in [0.29, 0.717) is 0 Å². The van der Waals surface area contributed by atoms with Gasteiger partial charge in [-0.2, -0.15) is 10.2 Å². The molecule has 0 aromatic heterocycles. The fourth-order valence-corrected chi connectivity index (χ4v) is 6.24. The zero-order valence-corrected chi connectivity index (χ0v) is 18.6. The lowest BCUT2D eigenvalue weighted by Gasteiger charge is -2.42. The molecule has 3 aliphatic rings.